The van der Waals surface area contributed by atoms with E-state index in [0.29, 0.717) is 33.0 Å². The molecular formula is C28H32Cl2O4S. The van der Waals surface area contributed by atoms with Crippen LogP contribution in [-0.4, -0.2) is 22.2 Å². The third-order valence-electron chi connectivity index (χ3n) is 7.47. The summed E-state index contributed by atoms with van der Waals surface area (Å²) < 4.78 is 0. The molecule has 2 aromatic carbocycles. The van der Waals surface area contributed by atoms with Crippen LogP contribution in [0.5, 0.6) is 0 Å². The standard InChI is InChI=1S/C28H32Cl2O4S/c29-23-15-19(11-13-21(23)17-7-3-1-4-8-17)25(27(31)32)35-26(28(33)34)20-12-14-22(24(30)16-20)18-9-5-2-6-10-18/h11-18,25-26H,1-10H2,(H,31,32)(H,33,34). The first kappa shape index (κ1) is 26.4. The van der Waals surface area contributed by atoms with Gasteiger partial charge in [-0.05, 0) is 71.9 Å². The Kier molecular flexibility index (Phi) is 9.07. The fraction of sp³-hybridized carbons (Fsp3) is 0.500. The SMILES string of the molecule is O=C(O)C(SC(C(=O)O)c1ccc(C2CCCCC2)c(Cl)c1)c1ccc(C2CCCCC2)c(Cl)c1. The number of hydrogen-bond acceptors (Lipinski definition) is 3. The summed E-state index contributed by atoms with van der Waals surface area (Å²) in [4.78, 5) is 24.5. The predicted molar refractivity (Wildman–Crippen MR) is 143 cm³/mol. The minimum absolute atomic E-state index is 0.401. The van der Waals surface area contributed by atoms with Crippen LogP contribution in [0.15, 0.2) is 36.4 Å². The van der Waals surface area contributed by atoms with Crippen molar-refractivity contribution in [3.05, 3.63) is 68.7 Å². The Morgan fingerprint density at radius 2 is 1.06 bits per heavy atom. The average Bonchev–Trinajstić information content (AvgIpc) is 2.85. The maximum atomic E-state index is 12.2. The monoisotopic (exact) mass is 534 g/mol. The first-order valence-electron chi connectivity index (χ1n) is 12.5. The quantitative estimate of drug-likeness (QED) is 0.353. The number of carbonyl (C=O) groups is 2. The van der Waals surface area contributed by atoms with E-state index >= 15 is 0 Å². The largest absolute Gasteiger partial charge is 0.480 e. The van der Waals surface area contributed by atoms with Crippen LogP contribution >= 0.6 is 35.0 Å². The van der Waals surface area contributed by atoms with E-state index in [1.165, 1.54) is 38.5 Å². The molecule has 4 nitrogen and oxygen atoms in total. The number of carboxylic acids is 2. The average molecular weight is 536 g/mol. The molecule has 4 rings (SSSR count). The predicted octanol–water partition coefficient (Wildman–Crippen LogP) is 8.77. The van der Waals surface area contributed by atoms with Crippen LogP contribution in [0.25, 0.3) is 0 Å². The van der Waals surface area contributed by atoms with E-state index in [4.69, 9.17) is 23.2 Å². The lowest BCUT2D eigenvalue weighted by atomic mass is 9.84. The van der Waals surface area contributed by atoms with Gasteiger partial charge < -0.3 is 10.2 Å². The number of carboxylic acid groups (broad SMARTS) is 2. The van der Waals surface area contributed by atoms with E-state index in [1.54, 1.807) is 24.3 Å². The van der Waals surface area contributed by atoms with Gasteiger partial charge in [0.2, 0.25) is 0 Å². The first-order valence-corrected chi connectivity index (χ1v) is 14.2. The van der Waals surface area contributed by atoms with Gasteiger partial charge in [-0.3, -0.25) is 9.59 Å². The summed E-state index contributed by atoms with van der Waals surface area (Å²) in [6, 6.07) is 10.8. The minimum Gasteiger partial charge on any atom is -0.480 e. The van der Waals surface area contributed by atoms with Crippen molar-refractivity contribution in [2.75, 3.05) is 0 Å². The Bertz CT molecular complexity index is 977. The van der Waals surface area contributed by atoms with Crippen molar-refractivity contribution in [1.29, 1.82) is 0 Å². The highest BCUT2D eigenvalue weighted by Gasteiger charge is 2.32. The topological polar surface area (TPSA) is 74.6 Å². The fourth-order valence-corrected chi connectivity index (χ4v) is 7.40. The zero-order valence-corrected chi connectivity index (χ0v) is 22.0. The van der Waals surface area contributed by atoms with Crippen molar-refractivity contribution in [3.63, 3.8) is 0 Å². The maximum absolute atomic E-state index is 12.2. The van der Waals surface area contributed by atoms with Gasteiger partial charge in [0.15, 0.2) is 0 Å². The molecule has 2 fully saturated rings. The number of thioether (sulfide) groups is 1. The smallest absolute Gasteiger partial charge is 0.321 e. The van der Waals surface area contributed by atoms with Gasteiger partial charge in [0, 0.05) is 10.0 Å². The van der Waals surface area contributed by atoms with Crippen LogP contribution in [0.4, 0.5) is 0 Å². The van der Waals surface area contributed by atoms with E-state index in [9.17, 15) is 19.8 Å². The molecule has 2 saturated carbocycles. The van der Waals surface area contributed by atoms with E-state index in [-0.39, 0.29) is 0 Å². The summed E-state index contributed by atoms with van der Waals surface area (Å²) in [6.07, 6.45) is 11.6. The van der Waals surface area contributed by atoms with E-state index < -0.39 is 22.4 Å². The second-order valence-electron chi connectivity index (χ2n) is 9.80. The Morgan fingerprint density at radius 1 is 0.686 bits per heavy atom. The second-order valence-corrected chi connectivity index (χ2v) is 11.8. The number of halogens is 2. The lowest BCUT2D eigenvalue weighted by Gasteiger charge is -2.25. The Morgan fingerprint density at radius 3 is 1.37 bits per heavy atom. The molecule has 0 aromatic heterocycles. The zero-order valence-electron chi connectivity index (χ0n) is 19.7. The molecule has 0 bridgehead atoms. The molecule has 0 aliphatic heterocycles. The molecule has 2 aliphatic carbocycles. The fourth-order valence-electron chi connectivity index (χ4n) is 5.60. The zero-order chi connectivity index (χ0) is 24.9. The van der Waals surface area contributed by atoms with Crippen LogP contribution in [0.2, 0.25) is 10.0 Å². The maximum Gasteiger partial charge on any atom is 0.321 e. The van der Waals surface area contributed by atoms with E-state index in [1.807, 2.05) is 12.1 Å². The Labute approximate surface area is 221 Å². The summed E-state index contributed by atoms with van der Waals surface area (Å²) in [5.41, 5.74) is 3.12. The molecule has 0 amide bonds. The first-order chi connectivity index (χ1) is 16.8. The molecule has 0 heterocycles. The van der Waals surface area contributed by atoms with Crippen molar-refractivity contribution in [2.45, 2.75) is 86.5 Å². The van der Waals surface area contributed by atoms with Crippen LogP contribution in [0.1, 0.15) is 109 Å². The molecular weight excluding hydrogens is 503 g/mol. The van der Waals surface area contributed by atoms with Crippen molar-refractivity contribution in [1.82, 2.24) is 0 Å². The van der Waals surface area contributed by atoms with Crippen LogP contribution in [0.3, 0.4) is 0 Å². The van der Waals surface area contributed by atoms with Crippen molar-refractivity contribution >= 4 is 46.9 Å². The lowest BCUT2D eigenvalue weighted by Crippen LogP contribution is -2.16. The van der Waals surface area contributed by atoms with Crippen LogP contribution < -0.4 is 0 Å². The molecule has 2 N–H and O–H groups in total. The number of benzene rings is 2. The van der Waals surface area contributed by atoms with Gasteiger partial charge in [-0.2, -0.15) is 0 Å². The van der Waals surface area contributed by atoms with E-state index in [0.717, 1.165) is 48.6 Å². The molecule has 2 aromatic rings. The summed E-state index contributed by atoms with van der Waals surface area (Å²) in [5, 5.41) is 19.0. The molecule has 2 aliphatic rings. The summed E-state index contributed by atoms with van der Waals surface area (Å²) in [7, 11) is 0. The van der Waals surface area contributed by atoms with Gasteiger partial charge >= 0.3 is 11.9 Å². The van der Waals surface area contributed by atoms with E-state index in [2.05, 4.69) is 0 Å². The molecule has 2 atom stereocenters. The number of rotatable bonds is 8. The molecule has 0 saturated heterocycles. The molecule has 7 heteroatoms. The molecule has 2 unspecified atom stereocenters. The molecule has 188 valence electrons. The lowest BCUT2D eigenvalue weighted by molar-refractivity contribution is -0.136. The molecule has 0 radical (unpaired) electrons. The third kappa shape index (κ3) is 6.36. The second kappa shape index (κ2) is 12.0. The third-order valence-corrected chi connectivity index (χ3v) is 9.61. The van der Waals surface area contributed by atoms with Gasteiger partial charge in [0.25, 0.3) is 0 Å². The van der Waals surface area contributed by atoms with Crippen LogP contribution in [-0.2, 0) is 9.59 Å². The summed E-state index contributed by atoms with van der Waals surface area (Å²) in [6.45, 7) is 0. The Hall–Kier alpha value is -1.69. The highest BCUT2D eigenvalue weighted by molar-refractivity contribution is 8.01. The summed E-state index contributed by atoms with van der Waals surface area (Å²) >= 11 is 14.1. The van der Waals surface area contributed by atoms with Crippen LogP contribution in [0, 0.1) is 0 Å². The van der Waals surface area contributed by atoms with Gasteiger partial charge in [0.05, 0.1) is 0 Å². The number of hydrogen-bond donors (Lipinski definition) is 2. The summed E-state index contributed by atoms with van der Waals surface area (Å²) in [5.74, 6) is -1.38. The highest BCUT2D eigenvalue weighted by atomic mass is 35.5. The minimum atomic E-state index is -1.09. The highest BCUT2D eigenvalue weighted by Crippen LogP contribution is 2.45. The van der Waals surface area contributed by atoms with Gasteiger partial charge in [-0.1, -0.05) is 86.0 Å². The number of aliphatic carboxylic acids is 2. The van der Waals surface area contributed by atoms with Gasteiger partial charge in [-0.15, -0.1) is 11.8 Å². The molecule has 35 heavy (non-hydrogen) atoms. The van der Waals surface area contributed by atoms with Crippen molar-refractivity contribution in [2.24, 2.45) is 0 Å². The Balaban J connectivity index is 1.57. The van der Waals surface area contributed by atoms with Crippen molar-refractivity contribution < 1.29 is 19.8 Å². The molecule has 0 spiro atoms. The van der Waals surface area contributed by atoms with Gasteiger partial charge in [0.1, 0.15) is 10.5 Å². The normalized spacial score (nSPS) is 19.3. The van der Waals surface area contributed by atoms with Gasteiger partial charge in [-0.25, -0.2) is 0 Å². The van der Waals surface area contributed by atoms with Crippen molar-refractivity contribution in [3.8, 4) is 0 Å².